The Bertz CT molecular complexity index is 1420. The van der Waals surface area contributed by atoms with E-state index in [9.17, 15) is 14.7 Å². The number of nitrogens with one attached hydrogen (secondary N) is 1. The fourth-order valence-corrected chi connectivity index (χ4v) is 5.14. The van der Waals surface area contributed by atoms with Crippen LogP contribution in [0.3, 0.4) is 0 Å². The number of carbonyl (C=O) groups is 2. The Balaban J connectivity index is 1.56. The van der Waals surface area contributed by atoms with Crippen LogP contribution in [-0.4, -0.2) is 40.0 Å². The van der Waals surface area contributed by atoms with Crippen LogP contribution in [0.2, 0.25) is 0 Å². The van der Waals surface area contributed by atoms with E-state index in [1.807, 2.05) is 68.0 Å². The summed E-state index contributed by atoms with van der Waals surface area (Å²) >= 11 is 1.56. The maximum atomic E-state index is 13.3. The van der Waals surface area contributed by atoms with Gasteiger partial charge in [-0.05, 0) is 89.6 Å². The Kier molecular flexibility index (Phi) is 9.92. The monoisotopic (exact) mass is 538 g/mol. The highest BCUT2D eigenvalue weighted by molar-refractivity contribution is 7.98. The Labute approximate surface area is 234 Å². The number of aryl methyl sites for hydroxylation is 3. The van der Waals surface area contributed by atoms with Gasteiger partial charge in [0.15, 0.2) is 0 Å². The minimum atomic E-state index is -1.02. The normalized spacial score (nSPS) is 11.6. The topological polar surface area (TPSA) is 79.3 Å². The summed E-state index contributed by atoms with van der Waals surface area (Å²) in [5.74, 6) is -0.733. The first-order valence-corrected chi connectivity index (χ1v) is 14.5. The number of benzene rings is 3. The Morgan fingerprint density at radius 3 is 2.31 bits per heavy atom. The van der Waals surface area contributed by atoms with Crippen molar-refractivity contribution < 1.29 is 14.7 Å². The average Bonchev–Trinajstić information content (AvgIpc) is 2.95. The van der Waals surface area contributed by atoms with E-state index in [2.05, 4.69) is 46.7 Å². The molecule has 0 aliphatic rings. The molecule has 0 aliphatic carbocycles. The number of aliphatic carboxylic acids is 1. The second-order valence-electron chi connectivity index (χ2n) is 9.70. The van der Waals surface area contributed by atoms with Gasteiger partial charge in [0.1, 0.15) is 6.04 Å². The van der Waals surface area contributed by atoms with E-state index in [-0.39, 0.29) is 5.91 Å². The second-order valence-corrected chi connectivity index (χ2v) is 10.7. The summed E-state index contributed by atoms with van der Waals surface area (Å²) in [6.45, 7) is 2.02. The van der Waals surface area contributed by atoms with Crippen molar-refractivity contribution in [1.29, 1.82) is 0 Å². The minimum absolute atomic E-state index is 0.369. The summed E-state index contributed by atoms with van der Waals surface area (Å²) in [4.78, 5) is 29.5. The first-order valence-electron chi connectivity index (χ1n) is 13.1. The number of amides is 1. The molecule has 1 amide bonds. The van der Waals surface area contributed by atoms with E-state index < -0.39 is 12.0 Å². The van der Waals surface area contributed by atoms with Gasteiger partial charge in [0, 0.05) is 18.0 Å². The van der Waals surface area contributed by atoms with Crippen molar-refractivity contribution >= 4 is 23.6 Å². The molecular weight excluding hydrogens is 504 g/mol. The van der Waals surface area contributed by atoms with Crippen LogP contribution in [0.1, 0.15) is 44.6 Å². The summed E-state index contributed by atoms with van der Waals surface area (Å²) in [6, 6.07) is 25.5. The van der Waals surface area contributed by atoms with Gasteiger partial charge in [-0.1, -0.05) is 72.8 Å². The van der Waals surface area contributed by atoms with Gasteiger partial charge in [-0.15, -0.1) is 0 Å². The molecule has 4 rings (SSSR count). The molecular formula is C33H34N2O3S. The van der Waals surface area contributed by atoms with Crippen LogP contribution in [0.4, 0.5) is 0 Å². The smallest absolute Gasteiger partial charge is 0.326 e. The third-order valence-corrected chi connectivity index (χ3v) is 7.43. The maximum Gasteiger partial charge on any atom is 0.326 e. The molecule has 0 radical (unpaired) electrons. The molecule has 1 atom stereocenters. The molecule has 0 spiro atoms. The number of hydrogen-bond acceptors (Lipinski definition) is 4. The third-order valence-electron chi connectivity index (χ3n) is 6.78. The Hall–Kier alpha value is -3.90. The van der Waals surface area contributed by atoms with Crippen molar-refractivity contribution in [1.82, 2.24) is 10.3 Å². The number of rotatable bonds is 12. The lowest BCUT2D eigenvalue weighted by atomic mass is 9.92. The number of carboxylic acid groups (broad SMARTS) is 1. The number of carboxylic acids is 1. The molecule has 0 aliphatic heterocycles. The number of pyridine rings is 1. The van der Waals surface area contributed by atoms with E-state index in [1.165, 1.54) is 16.7 Å². The fourth-order valence-electron chi connectivity index (χ4n) is 4.67. The Morgan fingerprint density at radius 2 is 1.56 bits per heavy atom. The second kappa shape index (κ2) is 13.8. The van der Waals surface area contributed by atoms with Gasteiger partial charge in [0.25, 0.3) is 5.91 Å². The van der Waals surface area contributed by atoms with Crippen LogP contribution in [-0.2, 0) is 24.1 Å². The van der Waals surface area contributed by atoms with Gasteiger partial charge in [0.05, 0.1) is 0 Å². The van der Waals surface area contributed by atoms with E-state index in [0.717, 1.165) is 41.5 Å². The number of nitrogens with zero attached hydrogens (tertiary/aromatic N) is 1. The standard InChI is InChI=1S/C33H34N2O3S/c1-23-8-6-7-11-28(23)30-20-25(14-15-29(30)32(36)35-31(33(37)38)16-17-39-2)12-13-26-19-27(22-34-21-26)18-24-9-4-3-5-10-24/h3-11,14-15,19-22,31H,12-13,16-18H2,1-2H3,(H,35,36)(H,37,38). The molecule has 1 aromatic heterocycles. The van der Waals surface area contributed by atoms with Crippen molar-refractivity contribution in [2.45, 2.75) is 38.6 Å². The molecule has 1 heterocycles. The predicted octanol–water partition coefficient (Wildman–Crippen LogP) is 6.37. The zero-order chi connectivity index (χ0) is 27.6. The molecule has 39 heavy (non-hydrogen) atoms. The molecule has 0 fully saturated rings. The zero-order valence-corrected chi connectivity index (χ0v) is 23.2. The van der Waals surface area contributed by atoms with E-state index in [1.54, 1.807) is 11.8 Å². The highest BCUT2D eigenvalue weighted by Gasteiger charge is 2.22. The van der Waals surface area contributed by atoms with Crippen molar-refractivity contribution in [3.63, 3.8) is 0 Å². The molecule has 3 aromatic carbocycles. The first kappa shape index (κ1) is 28.1. The number of carbonyl (C=O) groups excluding carboxylic acids is 1. The first-order chi connectivity index (χ1) is 18.9. The van der Waals surface area contributed by atoms with Gasteiger partial charge >= 0.3 is 5.97 Å². The summed E-state index contributed by atoms with van der Waals surface area (Å²) < 4.78 is 0. The number of aromatic nitrogens is 1. The SMILES string of the molecule is CSCCC(NC(=O)c1ccc(CCc2cncc(Cc3ccccc3)c2)cc1-c1ccccc1C)C(=O)O. The molecule has 1 unspecified atom stereocenters. The lowest BCUT2D eigenvalue weighted by Crippen LogP contribution is -2.41. The molecule has 6 heteroatoms. The molecule has 2 N–H and O–H groups in total. The zero-order valence-electron chi connectivity index (χ0n) is 22.4. The summed E-state index contributed by atoms with van der Waals surface area (Å²) in [7, 11) is 0. The lowest BCUT2D eigenvalue weighted by molar-refractivity contribution is -0.139. The third kappa shape index (κ3) is 7.80. The van der Waals surface area contributed by atoms with Crippen LogP contribution in [0.15, 0.2) is 91.3 Å². The van der Waals surface area contributed by atoms with Gasteiger partial charge < -0.3 is 10.4 Å². The lowest BCUT2D eigenvalue weighted by Gasteiger charge is -2.18. The van der Waals surface area contributed by atoms with Crippen molar-refractivity contribution in [2.75, 3.05) is 12.0 Å². The van der Waals surface area contributed by atoms with Gasteiger partial charge in [-0.25, -0.2) is 4.79 Å². The maximum absolute atomic E-state index is 13.3. The average molecular weight is 539 g/mol. The number of hydrogen-bond donors (Lipinski definition) is 2. The van der Waals surface area contributed by atoms with Gasteiger partial charge in [0.2, 0.25) is 0 Å². The quantitative estimate of drug-likeness (QED) is 0.219. The molecule has 0 bridgehead atoms. The van der Waals surface area contributed by atoms with Crippen LogP contribution in [0.25, 0.3) is 11.1 Å². The van der Waals surface area contributed by atoms with Gasteiger partial charge in [-0.3, -0.25) is 9.78 Å². The van der Waals surface area contributed by atoms with E-state index in [0.29, 0.717) is 17.7 Å². The summed E-state index contributed by atoms with van der Waals surface area (Å²) in [5.41, 5.74) is 8.03. The summed E-state index contributed by atoms with van der Waals surface area (Å²) in [6.07, 6.45) is 8.59. The highest BCUT2D eigenvalue weighted by Crippen LogP contribution is 2.29. The predicted molar refractivity (Wildman–Crippen MR) is 159 cm³/mol. The highest BCUT2D eigenvalue weighted by atomic mass is 32.2. The van der Waals surface area contributed by atoms with Crippen LogP contribution in [0.5, 0.6) is 0 Å². The van der Waals surface area contributed by atoms with Gasteiger partial charge in [-0.2, -0.15) is 11.8 Å². The van der Waals surface area contributed by atoms with E-state index >= 15 is 0 Å². The van der Waals surface area contributed by atoms with Crippen LogP contribution < -0.4 is 5.32 Å². The molecule has 4 aromatic rings. The van der Waals surface area contributed by atoms with Crippen LogP contribution in [0, 0.1) is 6.92 Å². The van der Waals surface area contributed by atoms with Crippen molar-refractivity contribution in [2.24, 2.45) is 0 Å². The van der Waals surface area contributed by atoms with E-state index in [4.69, 9.17) is 0 Å². The van der Waals surface area contributed by atoms with Crippen molar-refractivity contribution in [3.05, 3.63) is 125 Å². The van der Waals surface area contributed by atoms with Crippen molar-refractivity contribution in [3.8, 4) is 11.1 Å². The molecule has 200 valence electrons. The molecule has 0 saturated heterocycles. The van der Waals surface area contributed by atoms with Crippen LogP contribution >= 0.6 is 11.8 Å². The minimum Gasteiger partial charge on any atom is -0.480 e. The number of thioether (sulfide) groups is 1. The Morgan fingerprint density at radius 1 is 0.846 bits per heavy atom. The largest absolute Gasteiger partial charge is 0.480 e. The summed E-state index contributed by atoms with van der Waals surface area (Å²) in [5, 5.41) is 12.4. The molecule has 0 saturated carbocycles. The fraction of sp³-hybridized carbons (Fsp3) is 0.242. The molecule has 5 nitrogen and oxygen atoms in total.